The molecule has 4 nitrogen and oxygen atoms in total. The lowest BCUT2D eigenvalue weighted by Gasteiger charge is -2.05. The number of methoxy groups -OCH3 is 1. The highest BCUT2D eigenvalue weighted by molar-refractivity contribution is 5.82. The Morgan fingerprint density at radius 1 is 1.29 bits per heavy atom. The molecule has 14 heavy (non-hydrogen) atoms. The highest BCUT2D eigenvalue weighted by Gasteiger charge is 2.07. The van der Waals surface area contributed by atoms with Gasteiger partial charge in [-0.3, -0.25) is 9.59 Å². The van der Waals surface area contributed by atoms with Gasteiger partial charge in [-0.2, -0.15) is 0 Å². The maximum atomic E-state index is 10.8. The first-order valence-corrected chi connectivity index (χ1v) is 4.84. The van der Waals surface area contributed by atoms with Crippen molar-refractivity contribution in [1.82, 2.24) is 5.32 Å². The molecule has 1 amide bonds. The van der Waals surface area contributed by atoms with Gasteiger partial charge in [0.2, 0.25) is 5.91 Å². The highest BCUT2D eigenvalue weighted by Crippen LogP contribution is 1.89. The number of amides is 1. The SMILES string of the molecule is CCC.COC(=O)CNC(=O)C(C)C. The van der Waals surface area contributed by atoms with Gasteiger partial charge in [-0.25, -0.2) is 0 Å². The van der Waals surface area contributed by atoms with Crippen LogP contribution in [0.4, 0.5) is 0 Å². The van der Waals surface area contributed by atoms with Gasteiger partial charge in [-0.1, -0.05) is 34.1 Å². The second-order valence-electron chi connectivity index (χ2n) is 3.16. The molecule has 0 heterocycles. The van der Waals surface area contributed by atoms with Crippen molar-refractivity contribution in [2.24, 2.45) is 5.92 Å². The van der Waals surface area contributed by atoms with Crippen molar-refractivity contribution < 1.29 is 14.3 Å². The topological polar surface area (TPSA) is 55.4 Å². The Hall–Kier alpha value is -1.06. The molecule has 0 aromatic carbocycles. The van der Waals surface area contributed by atoms with Crippen molar-refractivity contribution in [3.8, 4) is 0 Å². The lowest BCUT2D eigenvalue weighted by atomic mass is 10.2. The Morgan fingerprint density at radius 2 is 1.71 bits per heavy atom. The fourth-order valence-corrected chi connectivity index (χ4v) is 0.436. The molecule has 0 unspecified atom stereocenters. The summed E-state index contributed by atoms with van der Waals surface area (Å²) in [6.07, 6.45) is 1.25. The smallest absolute Gasteiger partial charge is 0.325 e. The molecule has 84 valence electrons. The van der Waals surface area contributed by atoms with E-state index in [0.29, 0.717) is 0 Å². The molecule has 4 heteroatoms. The summed E-state index contributed by atoms with van der Waals surface area (Å²) in [5.41, 5.74) is 0. The summed E-state index contributed by atoms with van der Waals surface area (Å²) in [7, 11) is 1.28. The summed E-state index contributed by atoms with van der Waals surface area (Å²) in [5.74, 6) is -0.672. The number of ether oxygens (including phenoxy) is 1. The molecule has 0 saturated heterocycles. The maximum absolute atomic E-state index is 10.8. The van der Waals surface area contributed by atoms with Gasteiger partial charge in [-0.05, 0) is 0 Å². The summed E-state index contributed by atoms with van der Waals surface area (Å²) in [6, 6.07) is 0. The minimum Gasteiger partial charge on any atom is -0.468 e. The van der Waals surface area contributed by atoms with Crippen LogP contribution in [-0.2, 0) is 14.3 Å². The van der Waals surface area contributed by atoms with Gasteiger partial charge >= 0.3 is 5.97 Å². The lowest BCUT2D eigenvalue weighted by Crippen LogP contribution is -2.33. The molecule has 1 N–H and O–H groups in total. The van der Waals surface area contributed by atoms with Gasteiger partial charge in [-0.15, -0.1) is 0 Å². The molecule has 0 aromatic rings. The van der Waals surface area contributed by atoms with Gasteiger partial charge in [0.05, 0.1) is 7.11 Å². The van der Waals surface area contributed by atoms with E-state index in [-0.39, 0.29) is 18.4 Å². The minimum absolute atomic E-state index is 0.0481. The second-order valence-corrected chi connectivity index (χ2v) is 3.16. The fraction of sp³-hybridized carbons (Fsp3) is 0.800. The van der Waals surface area contributed by atoms with E-state index in [1.807, 2.05) is 0 Å². The van der Waals surface area contributed by atoms with Crippen LogP contribution in [0.2, 0.25) is 0 Å². The number of carbonyl (C=O) groups is 2. The van der Waals surface area contributed by atoms with Crippen molar-refractivity contribution in [1.29, 1.82) is 0 Å². The molecular weight excluding hydrogens is 182 g/mol. The normalized spacial score (nSPS) is 8.71. The largest absolute Gasteiger partial charge is 0.468 e. The Morgan fingerprint density at radius 3 is 2.00 bits per heavy atom. The molecular formula is C10H21NO3. The van der Waals surface area contributed by atoms with E-state index in [4.69, 9.17) is 0 Å². The molecule has 0 bridgehead atoms. The van der Waals surface area contributed by atoms with Crippen LogP contribution in [0.15, 0.2) is 0 Å². The van der Waals surface area contributed by atoms with Crippen LogP contribution in [0.3, 0.4) is 0 Å². The number of rotatable bonds is 3. The monoisotopic (exact) mass is 203 g/mol. The molecule has 0 rings (SSSR count). The first-order chi connectivity index (χ1) is 6.49. The summed E-state index contributed by atoms with van der Waals surface area (Å²) >= 11 is 0. The second kappa shape index (κ2) is 10.0. The lowest BCUT2D eigenvalue weighted by molar-refractivity contribution is -0.141. The summed E-state index contributed by atoms with van der Waals surface area (Å²) in [4.78, 5) is 21.3. The predicted molar refractivity (Wildman–Crippen MR) is 55.8 cm³/mol. The molecule has 0 atom stereocenters. The van der Waals surface area contributed by atoms with Crippen LogP contribution in [0.1, 0.15) is 34.1 Å². The van der Waals surface area contributed by atoms with Crippen LogP contribution < -0.4 is 5.32 Å². The van der Waals surface area contributed by atoms with Gasteiger partial charge < -0.3 is 10.1 Å². The van der Waals surface area contributed by atoms with Crippen LogP contribution in [0.25, 0.3) is 0 Å². The third-order valence-electron chi connectivity index (χ3n) is 1.16. The van der Waals surface area contributed by atoms with E-state index in [0.717, 1.165) is 0 Å². The molecule has 0 fully saturated rings. The van der Waals surface area contributed by atoms with Crippen LogP contribution in [-0.4, -0.2) is 25.5 Å². The standard InChI is InChI=1S/C7H13NO3.C3H8/c1-5(2)7(10)8-4-6(9)11-3;1-3-2/h5H,4H2,1-3H3,(H,8,10);3H2,1-2H3. The molecule has 0 radical (unpaired) electrons. The summed E-state index contributed by atoms with van der Waals surface area (Å²) in [6.45, 7) is 7.72. The van der Waals surface area contributed by atoms with Crippen LogP contribution >= 0.6 is 0 Å². The van der Waals surface area contributed by atoms with Crippen molar-refractivity contribution in [2.45, 2.75) is 34.1 Å². The first kappa shape index (κ1) is 15.4. The third-order valence-corrected chi connectivity index (χ3v) is 1.16. The van der Waals surface area contributed by atoms with Crippen molar-refractivity contribution in [2.75, 3.05) is 13.7 Å². The first-order valence-electron chi connectivity index (χ1n) is 4.84. The van der Waals surface area contributed by atoms with E-state index in [1.54, 1.807) is 13.8 Å². The Balaban J connectivity index is 0. The molecule has 0 aromatic heterocycles. The van der Waals surface area contributed by atoms with Crippen molar-refractivity contribution >= 4 is 11.9 Å². The van der Waals surface area contributed by atoms with Gasteiger partial charge in [0.15, 0.2) is 0 Å². The van der Waals surface area contributed by atoms with Gasteiger partial charge in [0.1, 0.15) is 6.54 Å². The molecule has 0 aliphatic carbocycles. The molecule has 0 spiro atoms. The highest BCUT2D eigenvalue weighted by atomic mass is 16.5. The van der Waals surface area contributed by atoms with E-state index in [9.17, 15) is 9.59 Å². The van der Waals surface area contributed by atoms with E-state index >= 15 is 0 Å². The maximum Gasteiger partial charge on any atom is 0.325 e. The number of hydrogen-bond donors (Lipinski definition) is 1. The van der Waals surface area contributed by atoms with Crippen LogP contribution in [0.5, 0.6) is 0 Å². The van der Waals surface area contributed by atoms with E-state index in [1.165, 1.54) is 13.5 Å². The Kier molecular flexibility index (Phi) is 11.0. The van der Waals surface area contributed by atoms with Gasteiger partial charge in [0, 0.05) is 5.92 Å². The minimum atomic E-state index is -0.431. The zero-order valence-corrected chi connectivity index (χ0v) is 9.72. The molecule has 0 aliphatic heterocycles. The average molecular weight is 203 g/mol. The third kappa shape index (κ3) is 10.9. The number of nitrogens with one attached hydrogen (secondary N) is 1. The number of carbonyl (C=O) groups excluding carboxylic acids is 2. The average Bonchev–Trinajstić information content (AvgIpc) is 2.14. The zero-order chi connectivity index (χ0) is 11.6. The quantitative estimate of drug-likeness (QED) is 0.704. The van der Waals surface area contributed by atoms with Crippen LogP contribution in [0, 0.1) is 5.92 Å². The zero-order valence-electron chi connectivity index (χ0n) is 9.72. The fourth-order valence-electron chi connectivity index (χ4n) is 0.436. The summed E-state index contributed by atoms with van der Waals surface area (Å²) < 4.78 is 4.33. The molecule has 0 saturated carbocycles. The predicted octanol–water partition coefficient (Wildman–Crippen LogP) is 1.35. The van der Waals surface area contributed by atoms with E-state index < -0.39 is 5.97 Å². The summed E-state index contributed by atoms with van der Waals surface area (Å²) in [5, 5.41) is 2.42. The van der Waals surface area contributed by atoms with E-state index in [2.05, 4.69) is 23.9 Å². The number of hydrogen-bond acceptors (Lipinski definition) is 3. The Labute approximate surface area is 86.0 Å². The van der Waals surface area contributed by atoms with Gasteiger partial charge in [0.25, 0.3) is 0 Å². The Bertz CT molecular complexity index is 167. The molecule has 0 aliphatic rings. The van der Waals surface area contributed by atoms with Crippen molar-refractivity contribution in [3.05, 3.63) is 0 Å². The number of esters is 1. The van der Waals surface area contributed by atoms with Crippen molar-refractivity contribution in [3.63, 3.8) is 0 Å².